The number of hydrogen-bond acceptors (Lipinski definition) is 5. The predicted octanol–water partition coefficient (Wildman–Crippen LogP) is 5.41. The number of fused-ring (bicyclic) bond motifs is 4. The van der Waals surface area contributed by atoms with Crippen LogP contribution in [0.15, 0.2) is 65.1 Å². The molecule has 1 N–H and O–H groups in total. The summed E-state index contributed by atoms with van der Waals surface area (Å²) >= 11 is 1.76. The SMILES string of the molecule is CC(C)(O)C(C)(C)OBc1cccc2c1sc1ccc(-c3nc4ccccc4o3)cc12. The fourth-order valence-corrected chi connectivity index (χ4v) is 4.71. The number of benzene rings is 3. The Morgan fingerprint density at radius 2 is 1.77 bits per heavy atom. The highest BCUT2D eigenvalue weighted by Crippen LogP contribution is 2.36. The third-order valence-electron chi connectivity index (χ3n) is 6.18. The van der Waals surface area contributed by atoms with E-state index in [-0.39, 0.29) is 0 Å². The Balaban J connectivity index is 1.55. The monoisotopic (exact) mass is 429 g/mol. The smallest absolute Gasteiger partial charge is 0.310 e. The van der Waals surface area contributed by atoms with Crippen molar-refractivity contribution >= 4 is 55.6 Å². The molecule has 5 aromatic rings. The van der Waals surface area contributed by atoms with Crippen molar-refractivity contribution in [3.05, 3.63) is 60.7 Å². The first-order chi connectivity index (χ1) is 14.7. The van der Waals surface area contributed by atoms with Crippen molar-refractivity contribution in [2.24, 2.45) is 0 Å². The van der Waals surface area contributed by atoms with E-state index in [0.717, 1.165) is 22.1 Å². The van der Waals surface area contributed by atoms with Crippen molar-refractivity contribution in [1.82, 2.24) is 4.98 Å². The summed E-state index contributed by atoms with van der Waals surface area (Å²) < 4.78 is 14.5. The van der Waals surface area contributed by atoms with Crippen LogP contribution in [0.4, 0.5) is 0 Å². The maximum atomic E-state index is 10.4. The van der Waals surface area contributed by atoms with Crippen LogP contribution in [-0.4, -0.2) is 28.8 Å². The van der Waals surface area contributed by atoms with E-state index in [1.807, 2.05) is 38.1 Å². The molecular weight excluding hydrogens is 405 g/mol. The largest absolute Gasteiger partial charge is 0.436 e. The molecule has 0 atom stereocenters. The maximum absolute atomic E-state index is 10.4. The van der Waals surface area contributed by atoms with Gasteiger partial charge in [-0.2, -0.15) is 0 Å². The highest BCUT2D eigenvalue weighted by molar-refractivity contribution is 7.27. The van der Waals surface area contributed by atoms with Crippen molar-refractivity contribution in [2.45, 2.75) is 38.9 Å². The van der Waals surface area contributed by atoms with Crippen LogP contribution in [-0.2, 0) is 4.65 Å². The lowest BCUT2D eigenvalue weighted by atomic mass is 9.82. The van der Waals surface area contributed by atoms with Gasteiger partial charge < -0.3 is 14.2 Å². The number of para-hydroxylation sites is 2. The average Bonchev–Trinajstić information content (AvgIpc) is 3.32. The molecule has 0 aliphatic heterocycles. The second-order valence-corrected chi connectivity index (χ2v) is 10.0. The molecule has 5 rings (SSSR count). The molecule has 0 spiro atoms. The van der Waals surface area contributed by atoms with E-state index < -0.39 is 11.2 Å². The zero-order valence-electron chi connectivity index (χ0n) is 18.1. The fraction of sp³-hybridized carbons (Fsp3) is 0.240. The summed E-state index contributed by atoms with van der Waals surface area (Å²) in [5.74, 6) is 0.633. The molecule has 156 valence electrons. The van der Waals surface area contributed by atoms with Crippen LogP contribution >= 0.6 is 11.3 Å². The van der Waals surface area contributed by atoms with Crippen molar-refractivity contribution in [2.75, 3.05) is 0 Å². The van der Waals surface area contributed by atoms with Crippen molar-refractivity contribution in [1.29, 1.82) is 0 Å². The van der Waals surface area contributed by atoms with Gasteiger partial charge >= 0.3 is 7.48 Å². The highest BCUT2D eigenvalue weighted by Gasteiger charge is 2.35. The number of aromatic nitrogens is 1. The molecule has 2 heterocycles. The minimum atomic E-state index is -0.935. The van der Waals surface area contributed by atoms with Gasteiger partial charge in [-0.1, -0.05) is 30.3 Å². The number of aliphatic hydroxyl groups is 1. The van der Waals surface area contributed by atoms with Gasteiger partial charge in [0.2, 0.25) is 5.89 Å². The molecule has 0 aliphatic rings. The van der Waals surface area contributed by atoms with Crippen LogP contribution in [0.1, 0.15) is 27.7 Å². The second kappa shape index (κ2) is 7.19. The summed E-state index contributed by atoms with van der Waals surface area (Å²) in [6.07, 6.45) is 0. The van der Waals surface area contributed by atoms with Gasteiger partial charge in [-0.3, -0.25) is 0 Å². The summed E-state index contributed by atoms with van der Waals surface area (Å²) in [4.78, 5) is 4.64. The first kappa shape index (κ1) is 20.2. The molecule has 0 unspecified atom stereocenters. The van der Waals surface area contributed by atoms with E-state index in [1.54, 1.807) is 25.2 Å². The zero-order chi connectivity index (χ0) is 21.8. The molecular formula is C25H24BNO3S. The van der Waals surface area contributed by atoms with Gasteiger partial charge in [0.1, 0.15) is 5.52 Å². The Kier molecular flexibility index (Phi) is 4.70. The van der Waals surface area contributed by atoms with Crippen molar-refractivity contribution in [3.8, 4) is 11.5 Å². The Morgan fingerprint density at radius 1 is 0.968 bits per heavy atom. The van der Waals surface area contributed by atoms with Gasteiger partial charge in [0.25, 0.3) is 0 Å². The highest BCUT2D eigenvalue weighted by atomic mass is 32.1. The van der Waals surface area contributed by atoms with Gasteiger partial charge in [0.15, 0.2) is 5.58 Å². The molecule has 31 heavy (non-hydrogen) atoms. The lowest BCUT2D eigenvalue weighted by molar-refractivity contribution is -0.0893. The lowest BCUT2D eigenvalue weighted by Gasteiger charge is -2.37. The predicted molar refractivity (Wildman–Crippen MR) is 131 cm³/mol. The fourth-order valence-electron chi connectivity index (χ4n) is 3.53. The van der Waals surface area contributed by atoms with E-state index >= 15 is 0 Å². The normalized spacial score (nSPS) is 12.8. The minimum absolute atomic E-state index is 0.444. The third kappa shape index (κ3) is 3.55. The molecule has 0 amide bonds. The Morgan fingerprint density at radius 3 is 2.55 bits per heavy atom. The molecule has 6 heteroatoms. The number of rotatable bonds is 5. The molecule has 3 aromatic carbocycles. The quantitative estimate of drug-likeness (QED) is 0.380. The molecule has 0 fully saturated rings. The topological polar surface area (TPSA) is 55.5 Å². The van der Waals surface area contributed by atoms with Gasteiger partial charge in [-0.25, -0.2) is 4.98 Å². The van der Waals surface area contributed by atoms with Gasteiger partial charge in [0.05, 0.1) is 11.2 Å². The summed E-state index contributed by atoms with van der Waals surface area (Å²) in [5.41, 5.74) is 2.15. The first-order valence-electron chi connectivity index (χ1n) is 10.4. The molecule has 0 radical (unpaired) electrons. The van der Waals surface area contributed by atoms with Crippen molar-refractivity contribution in [3.63, 3.8) is 0 Å². The molecule has 0 bridgehead atoms. The van der Waals surface area contributed by atoms with Gasteiger partial charge in [-0.15, -0.1) is 11.3 Å². The van der Waals surface area contributed by atoms with E-state index in [0.29, 0.717) is 13.4 Å². The number of oxazole rings is 1. The van der Waals surface area contributed by atoms with E-state index in [9.17, 15) is 5.11 Å². The Labute approximate surface area is 185 Å². The van der Waals surface area contributed by atoms with E-state index in [4.69, 9.17) is 9.07 Å². The Bertz CT molecular complexity index is 1380. The van der Waals surface area contributed by atoms with E-state index in [1.165, 1.54) is 20.2 Å². The van der Waals surface area contributed by atoms with E-state index in [2.05, 4.69) is 41.4 Å². The number of thiophene rings is 1. The minimum Gasteiger partial charge on any atom is -0.436 e. The van der Waals surface area contributed by atoms with Crippen LogP contribution in [0, 0.1) is 0 Å². The second-order valence-electron chi connectivity index (χ2n) is 8.95. The molecule has 0 saturated carbocycles. The van der Waals surface area contributed by atoms with Crippen LogP contribution < -0.4 is 5.46 Å². The van der Waals surface area contributed by atoms with Gasteiger partial charge in [-0.05, 0) is 68.9 Å². The van der Waals surface area contributed by atoms with Crippen LogP contribution in [0.2, 0.25) is 0 Å². The van der Waals surface area contributed by atoms with Crippen LogP contribution in [0.3, 0.4) is 0 Å². The first-order valence-corrected chi connectivity index (χ1v) is 11.2. The molecule has 0 saturated heterocycles. The standard InChI is InChI=1S/C25H24BNO3S/c1-24(2,28)25(3,4)30-26-18-9-7-8-16-17-14-15(12-13-21(17)31-22(16)18)23-27-19-10-5-6-11-20(19)29-23/h5-14,26,28H,1-4H3. The zero-order valence-corrected chi connectivity index (χ0v) is 18.9. The van der Waals surface area contributed by atoms with Crippen LogP contribution in [0.25, 0.3) is 42.7 Å². The number of hydrogen-bond donors (Lipinski definition) is 1. The number of nitrogens with zero attached hydrogens (tertiary/aromatic N) is 1. The summed E-state index contributed by atoms with van der Waals surface area (Å²) in [6.45, 7) is 7.40. The maximum Gasteiger partial charge on any atom is 0.310 e. The van der Waals surface area contributed by atoms with Crippen LogP contribution in [0.5, 0.6) is 0 Å². The molecule has 0 aliphatic carbocycles. The van der Waals surface area contributed by atoms with Crippen molar-refractivity contribution < 1.29 is 14.2 Å². The summed E-state index contributed by atoms with van der Waals surface area (Å²) in [6, 6.07) is 20.5. The third-order valence-corrected chi connectivity index (χ3v) is 7.44. The Hall–Kier alpha value is -2.67. The molecule has 2 aromatic heterocycles. The van der Waals surface area contributed by atoms with Gasteiger partial charge in [0, 0.05) is 20.3 Å². The summed E-state index contributed by atoms with van der Waals surface area (Å²) in [5, 5.41) is 12.8. The average molecular weight is 429 g/mol. The molecule has 4 nitrogen and oxygen atoms in total. The summed E-state index contributed by atoms with van der Waals surface area (Å²) in [7, 11) is 0.444. The lowest BCUT2D eigenvalue weighted by Crippen LogP contribution is -2.49.